The van der Waals surface area contributed by atoms with Crippen LogP contribution >= 0.6 is 0 Å². The number of unbranched alkanes of at least 4 members (excludes halogenated alkanes) is 3. The van der Waals surface area contributed by atoms with Crippen LogP contribution < -0.4 is 4.74 Å². The Morgan fingerprint density at radius 1 is 0.846 bits per heavy atom. The van der Waals surface area contributed by atoms with Crippen molar-refractivity contribution in [3.63, 3.8) is 0 Å². The van der Waals surface area contributed by atoms with Crippen molar-refractivity contribution in [2.24, 2.45) is 0 Å². The number of rotatable bonds is 16. The van der Waals surface area contributed by atoms with Crippen molar-refractivity contribution in [1.82, 2.24) is 0 Å². The monoisotopic (exact) mass is 368 g/mol. The molecule has 0 spiro atoms. The molecule has 1 aromatic rings. The van der Waals surface area contributed by atoms with Crippen molar-refractivity contribution in [2.45, 2.75) is 64.9 Å². The molecule has 5 nitrogen and oxygen atoms in total. The first-order valence-corrected chi connectivity index (χ1v) is 9.93. The van der Waals surface area contributed by atoms with Crippen molar-refractivity contribution >= 4 is 0 Å². The molecule has 0 aliphatic carbocycles. The fraction of sp³-hybridized carbons (Fsp3) is 0.714. The summed E-state index contributed by atoms with van der Waals surface area (Å²) in [6.45, 7) is 8.75. The van der Waals surface area contributed by atoms with Crippen LogP contribution in [0, 0.1) is 0 Å². The second-order valence-electron chi connectivity index (χ2n) is 6.63. The summed E-state index contributed by atoms with van der Waals surface area (Å²) in [4.78, 5) is 4.96. The van der Waals surface area contributed by atoms with Gasteiger partial charge in [-0.15, -0.1) is 0 Å². The summed E-state index contributed by atoms with van der Waals surface area (Å²) >= 11 is 0. The number of hydrogen-bond acceptors (Lipinski definition) is 5. The van der Waals surface area contributed by atoms with E-state index >= 15 is 0 Å². The van der Waals surface area contributed by atoms with E-state index in [0.29, 0.717) is 19.8 Å². The van der Waals surface area contributed by atoms with Gasteiger partial charge in [0.15, 0.2) is 5.60 Å². The SMILES string of the molecule is CCCCOCC(COCCCC)(OO)c1cccc(OCCCC)c1. The van der Waals surface area contributed by atoms with Crippen molar-refractivity contribution in [1.29, 1.82) is 0 Å². The standard InChI is InChI=1S/C21H36O5/c1-4-7-13-23-17-21(26-22,18-24-14-8-5-2)19-11-10-12-20(16-19)25-15-9-6-3/h10-12,16,22H,4-9,13-15,17-18H2,1-3H3. The largest absolute Gasteiger partial charge is 0.494 e. The average molecular weight is 369 g/mol. The van der Waals surface area contributed by atoms with Crippen molar-refractivity contribution < 1.29 is 24.4 Å². The molecular weight excluding hydrogens is 332 g/mol. The molecule has 0 fully saturated rings. The Morgan fingerprint density at radius 3 is 1.96 bits per heavy atom. The van der Waals surface area contributed by atoms with E-state index in [0.717, 1.165) is 49.8 Å². The van der Waals surface area contributed by atoms with Crippen LogP contribution in [0.15, 0.2) is 24.3 Å². The molecular formula is C21H36O5. The van der Waals surface area contributed by atoms with E-state index in [1.807, 2.05) is 24.3 Å². The highest BCUT2D eigenvalue weighted by atomic mass is 17.1. The lowest BCUT2D eigenvalue weighted by atomic mass is 9.95. The smallest absolute Gasteiger partial charge is 0.174 e. The fourth-order valence-corrected chi connectivity index (χ4v) is 2.48. The molecule has 0 unspecified atom stereocenters. The predicted octanol–water partition coefficient (Wildman–Crippen LogP) is 5.18. The topological polar surface area (TPSA) is 57.2 Å². The molecule has 0 amide bonds. The van der Waals surface area contributed by atoms with E-state index in [-0.39, 0.29) is 13.2 Å². The zero-order chi connectivity index (χ0) is 19.1. The molecule has 1 N–H and O–H groups in total. The third-order valence-electron chi connectivity index (χ3n) is 4.26. The molecule has 5 heteroatoms. The first-order valence-electron chi connectivity index (χ1n) is 9.93. The van der Waals surface area contributed by atoms with Gasteiger partial charge in [0.25, 0.3) is 0 Å². The first kappa shape index (κ1) is 22.9. The van der Waals surface area contributed by atoms with Gasteiger partial charge in [-0.3, -0.25) is 5.26 Å². The number of hydrogen-bond donors (Lipinski definition) is 1. The quantitative estimate of drug-likeness (QED) is 0.247. The second kappa shape index (κ2) is 14.0. The molecule has 0 aliphatic rings. The van der Waals surface area contributed by atoms with Crippen LogP contribution in [0.3, 0.4) is 0 Å². The lowest BCUT2D eigenvalue weighted by Crippen LogP contribution is -2.39. The summed E-state index contributed by atoms with van der Waals surface area (Å²) in [6.07, 6.45) is 6.14. The van der Waals surface area contributed by atoms with Gasteiger partial charge in [-0.05, 0) is 37.0 Å². The van der Waals surface area contributed by atoms with Gasteiger partial charge >= 0.3 is 0 Å². The predicted molar refractivity (Wildman–Crippen MR) is 104 cm³/mol. The summed E-state index contributed by atoms with van der Waals surface area (Å²) in [5, 5.41) is 9.75. The minimum absolute atomic E-state index is 0.230. The van der Waals surface area contributed by atoms with Crippen LogP contribution in [-0.4, -0.2) is 38.3 Å². The van der Waals surface area contributed by atoms with Crippen LogP contribution in [0.1, 0.15) is 64.9 Å². The Morgan fingerprint density at radius 2 is 1.42 bits per heavy atom. The zero-order valence-electron chi connectivity index (χ0n) is 16.7. The van der Waals surface area contributed by atoms with Gasteiger partial charge < -0.3 is 14.2 Å². The molecule has 150 valence electrons. The van der Waals surface area contributed by atoms with Crippen LogP contribution in [-0.2, 0) is 20.0 Å². The van der Waals surface area contributed by atoms with E-state index in [9.17, 15) is 5.26 Å². The summed E-state index contributed by atoms with van der Waals surface area (Å²) in [6, 6.07) is 7.63. The highest BCUT2D eigenvalue weighted by molar-refractivity contribution is 5.33. The van der Waals surface area contributed by atoms with E-state index in [1.165, 1.54) is 0 Å². The van der Waals surface area contributed by atoms with E-state index in [4.69, 9.17) is 19.1 Å². The first-order chi connectivity index (χ1) is 12.7. The van der Waals surface area contributed by atoms with Crippen LogP contribution in [0.4, 0.5) is 0 Å². The van der Waals surface area contributed by atoms with Crippen LogP contribution in [0.25, 0.3) is 0 Å². The third-order valence-corrected chi connectivity index (χ3v) is 4.26. The van der Waals surface area contributed by atoms with E-state index < -0.39 is 5.60 Å². The second-order valence-corrected chi connectivity index (χ2v) is 6.63. The Kier molecular flexibility index (Phi) is 12.3. The lowest BCUT2D eigenvalue weighted by Gasteiger charge is -2.30. The summed E-state index contributed by atoms with van der Waals surface area (Å²) in [5.41, 5.74) is -0.256. The molecule has 26 heavy (non-hydrogen) atoms. The molecule has 0 saturated heterocycles. The zero-order valence-corrected chi connectivity index (χ0v) is 16.7. The van der Waals surface area contributed by atoms with Crippen LogP contribution in [0.5, 0.6) is 5.75 Å². The summed E-state index contributed by atoms with van der Waals surface area (Å²) in [5.74, 6) is 0.763. The Bertz CT molecular complexity index is 451. The number of ether oxygens (including phenoxy) is 3. The van der Waals surface area contributed by atoms with Crippen LogP contribution in [0.2, 0.25) is 0 Å². The van der Waals surface area contributed by atoms with Gasteiger partial charge in [-0.25, -0.2) is 4.89 Å². The third kappa shape index (κ3) is 8.04. The Hall–Kier alpha value is -1.14. The maximum atomic E-state index is 9.75. The lowest BCUT2D eigenvalue weighted by molar-refractivity contribution is -0.349. The molecule has 0 bridgehead atoms. The van der Waals surface area contributed by atoms with Crippen molar-refractivity contribution in [3.8, 4) is 5.75 Å². The molecule has 0 radical (unpaired) electrons. The molecule has 1 rings (SSSR count). The molecule has 0 heterocycles. The van der Waals surface area contributed by atoms with E-state index in [1.54, 1.807) is 0 Å². The number of benzene rings is 1. The average Bonchev–Trinajstić information content (AvgIpc) is 2.67. The fourth-order valence-electron chi connectivity index (χ4n) is 2.48. The molecule has 0 saturated carbocycles. The van der Waals surface area contributed by atoms with Gasteiger partial charge in [0.05, 0.1) is 19.8 Å². The minimum atomic E-state index is -1.05. The van der Waals surface area contributed by atoms with Crippen molar-refractivity contribution in [2.75, 3.05) is 33.0 Å². The van der Waals surface area contributed by atoms with Gasteiger partial charge in [-0.2, -0.15) is 0 Å². The maximum Gasteiger partial charge on any atom is 0.174 e. The maximum absolute atomic E-state index is 9.75. The molecule has 0 atom stereocenters. The van der Waals surface area contributed by atoms with Gasteiger partial charge in [0.2, 0.25) is 0 Å². The van der Waals surface area contributed by atoms with E-state index in [2.05, 4.69) is 20.8 Å². The Labute approximate surface area is 158 Å². The van der Waals surface area contributed by atoms with Crippen molar-refractivity contribution in [3.05, 3.63) is 29.8 Å². The highest BCUT2D eigenvalue weighted by Gasteiger charge is 2.36. The van der Waals surface area contributed by atoms with Gasteiger partial charge in [0, 0.05) is 13.2 Å². The minimum Gasteiger partial charge on any atom is -0.494 e. The highest BCUT2D eigenvalue weighted by Crippen LogP contribution is 2.29. The normalized spacial score (nSPS) is 11.7. The molecule has 0 aromatic heterocycles. The van der Waals surface area contributed by atoms with Gasteiger partial charge in [-0.1, -0.05) is 52.2 Å². The van der Waals surface area contributed by atoms with Gasteiger partial charge in [0.1, 0.15) is 5.75 Å². The summed E-state index contributed by atoms with van der Waals surface area (Å²) < 4.78 is 17.3. The Balaban J connectivity index is 2.87. The molecule has 0 aliphatic heterocycles. The molecule has 1 aromatic carbocycles. The summed E-state index contributed by atoms with van der Waals surface area (Å²) in [7, 11) is 0.